The van der Waals surface area contributed by atoms with Crippen molar-refractivity contribution < 1.29 is 23.9 Å². The maximum Gasteiger partial charge on any atom is 0.348 e. The summed E-state index contributed by atoms with van der Waals surface area (Å²) in [5.74, 6) is -1.57. The minimum atomic E-state index is -0.742. The molecule has 1 aromatic rings. The minimum Gasteiger partial charge on any atom is -0.467 e. The maximum atomic E-state index is 12.2. The summed E-state index contributed by atoms with van der Waals surface area (Å²) in [7, 11) is 1.28. The van der Waals surface area contributed by atoms with E-state index in [1.807, 2.05) is 19.9 Å². The number of rotatable bonds is 7. The molecular formula is C19H27NO5S. The smallest absolute Gasteiger partial charge is 0.348 e. The molecule has 1 N–H and O–H groups in total. The van der Waals surface area contributed by atoms with Crippen LogP contribution in [0.4, 0.5) is 0 Å². The van der Waals surface area contributed by atoms with Crippen LogP contribution in [0.1, 0.15) is 59.6 Å². The van der Waals surface area contributed by atoms with Gasteiger partial charge in [0.15, 0.2) is 6.61 Å². The van der Waals surface area contributed by atoms with Crippen molar-refractivity contribution in [2.75, 3.05) is 13.7 Å². The SMILES string of the molecule is CC[C@H](C)[C@@H](NC(=O)COC(=O)c1cc2c(s1)CCCCC2)C(=O)OC. The molecule has 7 heteroatoms. The highest BCUT2D eigenvalue weighted by Gasteiger charge is 2.27. The maximum absolute atomic E-state index is 12.2. The fourth-order valence-electron chi connectivity index (χ4n) is 2.98. The molecule has 6 nitrogen and oxygen atoms in total. The Morgan fingerprint density at radius 2 is 1.96 bits per heavy atom. The summed E-state index contributed by atoms with van der Waals surface area (Å²) < 4.78 is 9.86. The third-order valence-corrected chi connectivity index (χ3v) is 5.98. The molecule has 2 atom stereocenters. The molecule has 1 heterocycles. The quantitative estimate of drug-likeness (QED) is 0.580. The summed E-state index contributed by atoms with van der Waals surface area (Å²) in [5.41, 5.74) is 1.23. The molecule has 26 heavy (non-hydrogen) atoms. The Balaban J connectivity index is 1.90. The Morgan fingerprint density at radius 3 is 2.65 bits per heavy atom. The van der Waals surface area contributed by atoms with Crippen molar-refractivity contribution in [3.8, 4) is 0 Å². The normalized spacial score (nSPS) is 16.0. The lowest BCUT2D eigenvalue weighted by molar-refractivity contribution is -0.147. The molecule has 0 aromatic carbocycles. The van der Waals surface area contributed by atoms with Crippen LogP contribution >= 0.6 is 11.3 Å². The lowest BCUT2D eigenvalue weighted by Crippen LogP contribution is -2.47. The number of carbonyl (C=O) groups is 3. The van der Waals surface area contributed by atoms with Crippen LogP contribution in [0.2, 0.25) is 0 Å². The van der Waals surface area contributed by atoms with Gasteiger partial charge in [-0.3, -0.25) is 4.79 Å². The van der Waals surface area contributed by atoms with E-state index < -0.39 is 30.5 Å². The molecule has 144 valence electrons. The molecular weight excluding hydrogens is 354 g/mol. The average molecular weight is 381 g/mol. The monoisotopic (exact) mass is 381 g/mol. The van der Waals surface area contributed by atoms with Gasteiger partial charge in [-0.2, -0.15) is 0 Å². The standard InChI is InChI=1S/C19H27NO5S/c1-4-12(2)17(19(23)24-3)20-16(21)11-25-18(22)15-10-13-8-6-5-7-9-14(13)26-15/h10,12,17H,4-9,11H2,1-3H3,(H,20,21)/t12-,17+/m0/s1. The van der Waals surface area contributed by atoms with E-state index in [-0.39, 0.29) is 5.92 Å². The molecule has 1 aliphatic carbocycles. The number of fused-ring (bicyclic) bond motifs is 1. The largest absolute Gasteiger partial charge is 0.467 e. The highest BCUT2D eigenvalue weighted by molar-refractivity contribution is 7.14. The molecule has 2 rings (SSSR count). The van der Waals surface area contributed by atoms with Crippen LogP contribution in [-0.2, 0) is 31.9 Å². The number of methoxy groups -OCH3 is 1. The van der Waals surface area contributed by atoms with E-state index in [1.165, 1.54) is 35.3 Å². The third kappa shape index (κ3) is 5.30. The van der Waals surface area contributed by atoms with Gasteiger partial charge in [-0.05, 0) is 43.2 Å². The summed E-state index contributed by atoms with van der Waals surface area (Å²) in [6.45, 7) is 3.37. The molecule has 1 aromatic heterocycles. The Morgan fingerprint density at radius 1 is 1.23 bits per heavy atom. The molecule has 0 saturated heterocycles. The van der Waals surface area contributed by atoms with Crippen molar-refractivity contribution in [3.05, 3.63) is 21.4 Å². The summed E-state index contributed by atoms with van der Waals surface area (Å²) in [5, 5.41) is 2.60. The zero-order valence-electron chi connectivity index (χ0n) is 15.6. The van der Waals surface area contributed by atoms with Crippen LogP contribution in [0.3, 0.4) is 0 Å². The third-order valence-electron chi connectivity index (χ3n) is 4.77. The summed E-state index contributed by atoms with van der Waals surface area (Å²) in [6, 6.07) is 1.15. The van der Waals surface area contributed by atoms with Crippen LogP contribution < -0.4 is 5.32 Å². The first kappa shape index (κ1) is 20.4. The number of carbonyl (C=O) groups excluding carboxylic acids is 3. The number of aryl methyl sites for hydroxylation is 2. The molecule has 1 aliphatic rings. The molecule has 0 unspecified atom stereocenters. The second-order valence-corrected chi connectivity index (χ2v) is 7.79. The first-order valence-corrected chi connectivity index (χ1v) is 9.93. The number of esters is 2. The first-order valence-electron chi connectivity index (χ1n) is 9.12. The van der Waals surface area contributed by atoms with E-state index in [0.717, 1.165) is 25.7 Å². The molecule has 0 spiro atoms. The van der Waals surface area contributed by atoms with Gasteiger partial charge in [0, 0.05) is 4.88 Å². The molecule has 0 fully saturated rings. The van der Waals surface area contributed by atoms with Gasteiger partial charge in [0.05, 0.1) is 7.11 Å². The van der Waals surface area contributed by atoms with Gasteiger partial charge in [0.2, 0.25) is 0 Å². The summed E-state index contributed by atoms with van der Waals surface area (Å²) >= 11 is 1.46. The van der Waals surface area contributed by atoms with Crippen LogP contribution in [0.5, 0.6) is 0 Å². The topological polar surface area (TPSA) is 81.7 Å². The predicted octanol–water partition coefficient (Wildman–Crippen LogP) is 2.88. The number of nitrogens with one attached hydrogen (secondary N) is 1. The summed E-state index contributed by atoms with van der Waals surface area (Å²) in [6.07, 6.45) is 6.22. The number of amides is 1. The fourth-order valence-corrected chi connectivity index (χ4v) is 4.13. The number of hydrogen-bond donors (Lipinski definition) is 1. The zero-order valence-corrected chi connectivity index (χ0v) is 16.4. The zero-order chi connectivity index (χ0) is 19.1. The number of thiophene rings is 1. The predicted molar refractivity (Wildman–Crippen MR) is 99.3 cm³/mol. The fraction of sp³-hybridized carbons (Fsp3) is 0.632. The van der Waals surface area contributed by atoms with Gasteiger partial charge in [-0.15, -0.1) is 11.3 Å². The van der Waals surface area contributed by atoms with Gasteiger partial charge in [0.1, 0.15) is 10.9 Å². The second-order valence-electron chi connectivity index (χ2n) is 6.65. The van der Waals surface area contributed by atoms with E-state index >= 15 is 0 Å². The Kier molecular flexibility index (Phi) is 7.63. The molecule has 1 amide bonds. The summed E-state index contributed by atoms with van der Waals surface area (Å²) in [4.78, 5) is 37.9. The lowest BCUT2D eigenvalue weighted by Gasteiger charge is -2.21. The van der Waals surface area contributed by atoms with Gasteiger partial charge in [0.25, 0.3) is 5.91 Å². The minimum absolute atomic E-state index is 0.0740. The van der Waals surface area contributed by atoms with Gasteiger partial charge in [-0.1, -0.05) is 26.7 Å². The second kappa shape index (κ2) is 9.71. The van der Waals surface area contributed by atoms with E-state index in [2.05, 4.69) is 5.32 Å². The van der Waals surface area contributed by atoms with E-state index in [4.69, 9.17) is 9.47 Å². The van der Waals surface area contributed by atoms with E-state index in [0.29, 0.717) is 11.3 Å². The van der Waals surface area contributed by atoms with Crippen LogP contribution in [0.15, 0.2) is 6.07 Å². The highest BCUT2D eigenvalue weighted by atomic mass is 32.1. The van der Waals surface area contributed by atoms with Crippen molar-refractivity contribution in [1.29, 1.82) is 0 Å². The molecule has 0 aliphatic heterocycles. The molecule has 0 saturated carbocycles. The molecule has 0 bridgehead atoms. The Bertz CT molecular complexity index is 631. The van der Waals surface area contributed by atoms with E-state index in [9.17, 15) is 14.4 Å². The lowest BCUT2D eigenvalue weighted by atomic mass is 9.99. The van der Waals surface area contributed by atoms with Crippen molar-refractivity contribution in [2.24, 2.45) is 5.92 Å². The van der Waals surface area contributed by atoms with Crippen LogP contribution in [0.25, 0.3) is 0 Å². The number of hydrogen-bond acceptors (Lipinski definition) is 6. The number of ether oxygens (including phenoxy) is 2. The van der Waals surface area contributed by atoms with Gasteiger partial charge < -0.3 is 14.8 Å². The average Bonchev–Trinajstić information content (AvgIpc) is 2.93. The van der Waals surface area contributed by atoms with Crippen molar-refractivity contribution in [2.45, 2.75) is 58.4 Å². The van der Waals surface area contributed by atoms with E-state index in [1.54, 1.807) is 0 Å². The van der Waals surface area contributed by atoms with Crippen LogP contribution in [0, 0.1) is 5.92 Å². The van der Waals surface area contributed by atoms with Crippen LogP contribution in [-0.4, -0.2) is 37.6 Å². The Labute approximate surface area is 158 Å². The highest BCUT2D eigenvalue weighted by Crippen LogP contribution is 2.29. The van der Waals surface area contributed by atoms with Crippen molar-refractivity contribution in [1.82, 2.24) is 5.32 Å². The van der Waals surface area contributed by atoms with Gasteiger partial charge >= 0.3 is 11.9 Å². The molecule has 0 radical (unpaired) electrons. The van der Waals surface area contributed by atoms with Crippen molar-refractivity contribution in [3.63, 3.8) is 0 Å². The first-order chi connectivity index (χ1) is 12.5. The van der Waals surface area contributed by atoms with Gasteiger partial charge in [-0.25, -0.2) is 9.59 Å². The Hall–Kier alpha value is -1.89. The van der Waals surface area contributed by atoms with Crippen molar-refractivity contribution >= 4 is 29.2 Å².